The van der Waals surface area contributed by atoms with Gasteiger partial charge >= 0.3 is 0 Å². The van der Waals surface area contributed by atoms with Crippen LogP contribution in [0, 0.1) is 10.1 Å². The van der Waals surface area contributed by atoms with Gasteiger partial charge in [0.25, 0.3) is 5.69 Å². The number of hydrogen-bond donors (Lipinski definition) is 0. The van der Waals surface area contributed by atoms with Gasteiger partial charge in [-0.1, -0.05) is 0 Å². The van der Waals surface area contributed by atoms with Crippen molar-refractivity contribution in [3.05, 3.63) is 34.1 Å². The lowest BCUT2D eigenvalue weighted by molar-refractivity contribution is -0.385. The zero-order chi connectivity index (χ0) is 8.27. The number of halogens is 1. The highest BCUT2D eigenvalue weighted by Gasteiger charge is 2.03. The number of nitro groups is 1. The van der Waals surface area contributed by atoms with Gasteiger partial charge in [-0.2, -0.15) is 0 Å². The molecule has 4 nitrogen and oxygen atoms in total. The highest BCUT2D eigenvalue weighted by Crippen LogP contribution is 2.09. The Kier molecular flexibility index (Phi) is 2.38. The first-order valence-electron chi connectivity index (χ1n) is 2.89. The molecule has 0 aliphatic heterocycles. The second-order valence-electron chi connectivity index (χ2n) is 1.90. The average Bonchev–Trinajstić information content (AvgIpc) is 2.05. The van der Waals surface area contributed by atoms with Gasteiger partial charge in [0.15, 0.2) is 0 Å². The number of rotatable bonds is 2. The van der Waals surface area contributed by atoms with E-state index < -0.39 is 4.92 Å². The van der Waals surface area contributed by atoms with Crippen LogP contribution >= 0.6 is 11.6 Å². The molecular formula is C6H5ClN2O2. The molecule has 0 unspecified atom stereocenters. The van der Waals surface area contributed by atoms with Crippen LogP contribution in [0.15, 0.2) is 18.3 Å². The van der Waals surface area contributed by atoms with Crippen LogP contribution in [0.5, 0.6) is 0 Å². The molecule has 1 aromatic heterocycles. The predicted molar refractivity (Wildman–Crippen MR) is 40.4 cm³/mol. The van der Waals surface area contributed by atoms with Crippen LogP contribution in [-0.2, 0) is 5.88 Å². The van der Waals surface area contributed by atoms with Crippen molar-refractivity contribution in [1.29, 1.82) is 0 Å². The van der Waals surface area contributed by atoms with Crippen LogP contribution in [0.3, 0.4) is 0 Å². The molecule has 1 rings (SSSR count). The van der Waals surface area contributed by atoms with Gasteiger partial charge in [0.2, 0.25) is 0 Å². The third-order valence-electron chi connectivity index (χ3n) is 1.16. The summed E-state index contributed by atoms with van der Waals surface area (Å²) in [7, 11) is 0. The minimum atomic E-state index is -0.495. The van der Waals surface area contributed by atoms with Crippen LogP contribution in [-0.4, -0.2) is 9.91 Å². The Bertz CT molecular complexity index is 260. The van der Waals surface area contributed by atoms with Gasteiger partial charge in [-0.15, -0.1) is 11.6 Å². The molecule has 11 heavy (non-hydrogen) atoms. The van der Waals surface area contributed by atoms with Gasteiger partial charge in [-0.05, 0) is 6.07 Å². The van der Waals surface area contributed by atoms with Crippen molar-refractivity contribution in [2.24, 2.45) is 0 Å². The summed E-state index contributed by atoms with van der Waals surface area (Å²) in [6.07, 6.45) is 1.19. The average molecular weight is 173 g/mol. The van der Waals surface area contributed by atoms with Crippen molar-refractivity contribution in [3.63, 3.8) is 0 Å². The molecule has 0 aromatic carbocycles. The molecule has 0 amide bonds. The third-order valence-corrected chi connectivity index (χ3v) is 1.43. The standard InChI is InChI=1S/C6H5ClN2O2/c7-3-5-1-2-6(4-8-5)9(10)11/h1-2,4H,3H2. The largest absolute Gasteiger partial charge is 0.287 e. The molecule has 0 aliphatic rings. The van der Waals surface area contributed by atoms with Crippen LogP contribution in [0.4, 0.5) is 5.69 Å². The summed E-state index contributed by atoms with van der Waals surface area (Å²) in [6, 6.07) is 2.91. The highest BCUT2D eigenvalue weighted by molar-refractivity contribution is 6.16. The molecule has 58 valence electrons. The summed E-state index contributed by atoms with van der Waals surface area (Å²) in [6.45, 7) is 0. The molecule has 0 saturated heterocycles. The maximum atomic E-state index is 10.1. The van der Waals surface area contributed by atoms with Gasteiger partial charge in [0.05, 0.1) is 16.5 Å². The number of pyridine rings is 1. The Morgan fingerprint density at radius 2 is 2.36 bits per heavy atom. The van der Waals surface area contributed by atoms with Crippen molar-refractivity contribution in [2.45, 2.75) is 5.88 Å². The van der Waals surface area contributed by atoms with E-state index in [2.05, 4.69) is 4.98 Å². The van der Waals surface area contributed by atoms with Crippen molar-refractivity contribution in [3.8, 4) is 0 Å². The minimum absolute atomic E-state index is 0.0149. The van der Waals surface area contributed by atoms with E-state index in [9.17, 15) is 10.1 Å². The number of nitrogens with zero attached hydrogens (tertiary/aromatic N) is 2. The summed E-state index contributed by atoms with van der Waals surface area (Å²) in [5, 5.41) is 10.1. The molecule has 0 N–H and O–H groups in total. The molecule has 5 heteroatoms. The van der Waals surface area contributed by atoms with Gasteiger partial charge in [-0.25, -0.2) is 0 Å². The van der Waals surface area contributed by atoms with Crippen LogP contribution < -0.4 is 0 Å². The van der Waals surface area contributed by atoms with E-state index in [-0.39, 0.29) is 11.6 Å². The zero-order valence-electron chi connectivity index (χ0n) is 5.53. The van der Waals surface area contributed by atoms with E-state index >= 15 is 0 Å². The molecular weight excluding hydrogens is 168 g/mol. The molecule has 0 saturated carbocycles. The predicted octanol–water partition coefficient (Wildman–Crippen LogP) is 1.73. The van der Waals surface area contributed by atoms with Crippen molar-refractivity contribution < 1.29 is 4.92 Å². The maximum absolute atomic E-state index is 10.1. The molecule has 0 radical (unpaired) electrons. The van der Waals surface area contributed by atoms with E-state index in [0.717, 1.165) is 0 Å². The van der Waals surface area contributed by atoms with E-state index in [4.69, 9.17) is 11.6 Å². The van der Waals surface area contributed by atoms with Gasteiger partial charge < -0.3 is 0 Å². The Balaban J connectivity index is 2.91. The van der Waals surface area contributed by atoms with Gasteiger partial charge in [0.1, 0.15) is 6.20 Å². The molecule has 0 fully saturated rings. The van der Waals surface area contributed by atoms with E-state index in [0.29, 0.717) is 5.69 Å². The zero-order valence-corrected chi connectivity index (χ0v) is 6.28. The Morgan fingerprint density at radius 3 is 2.73 bits per heavy atom. The SMILES string of the molecule is O=[N+]([O-])c1ccc(CCl)nc1. The van der Waals surface area contributed by atoms with Crippen LogP contribution in [0.2, 0.25) is 0 Å². The van der Waals surface area contributed by atoms with E-state index in [1.165, 1.54) is 18.3 Å². The number of hydrogen-bond acceptors (Lipinski definition) is 3. The first-order chi connectivity index (χ1) is 5.24. The van der Waals surface area contributed by atoms with Crippen LogP contribution in [0.1, 0.15) is 5.69 Å². The smallest absolute Gasteiger partial charge is 0.258 e. The fraction of sp³-hybridized carbons (Fsp3) is 0.167. The molecule has 0 atom stereocenters. The lowest BCUT2D eigenvalue weighted by Crippen LogP contribution is -1.90. The van der Waals surface area contributed by atoms with Gasteiger partial charge in [0, 0.05) is 6.07 Å². The highest BCUT2D eigenvalue weighted by atomic mass is 35.5. The summed E-state index contributed by atoms with van der Waals surface area (Å²) in [5.41, 5.74) is 0.621. The Morgan fingerprint density at radius 1 is 1.64 bits per heavy atom. The Labute approximate surface area is 68.0 Å². The van der Waals surface area contributed by atoms with Crippen molar-refractivity contribution in [2.75, 3.05) is 0 Å². The van der Waals surface area contributed by atoms with E-state index in [1.54, 1.807) is 0 Å². The number of alkyl halides is 1. The first-order valence-corrected chi connectivity index (χ1v) is 3.43. The molecule has 1 heterocycles. The van der Waals surface area contributed by atoms with Crippen molar-refractivity contribution in [1.82, 2.24) is 4.98 Å². The lowest BCUT2D eigenvalue weighted by Gasteiger charge is -1.91. The Hall–Kier alpha value is -1.16. The summed E-state index contributed by atoms with van der Waals surface area (Å²) >= 11 is 5.43. The fourth-order valence-electron chi connectivity index (χ4n) is 0.604. The fourth-order valence-corrected chi connectivity index (χ4v) is 0.762. The molecule has 0 aliphatic carbocycles. The summed E-state index contributed by atoms with van der Waals surface area (Å²) in [5.74, 6) is 0.276. The summed E-state index contributed by atoms with van der Waals surface area (Å²) in [4.78, 5) is 13.4. The third kappa shape index (κ3) is 1.88. The monoisotopic (exact) mass is 172 g/mol. The normalized spacial score (nSPS) is 9.55. The quantitative estimate of drug-likeness (QED) is 0.388. The van der Waals surface area contributed by atoms with Crippen LogP contribution in [0.25, 0.3) is 0 Å². The molecule has 0 bridgehead atoms. The second-order valence-corrected chi connectivity index (χ2v) is 2.17. The summed E-state index contributed by atoms with van der Waals surface area (Å²) < 4.78 is 0. The molecule has 0 spiro atoms. The first kappa shape index (κ1) is 7.94. The lowest BCUT2D eigenvalue weighted by atomic mass is 10.3. The van der Waals surface area contributed by atoms with Gasteiger partial charge in [-0.3, -0.25) is 15.1 Å². The minimum Gasteiger partial charge on any atom is -0.258 e. The second kappa shape index (κ2) is 3.30. The molecule has 1 aromatic rings. The maximum Gasteiger partial charge on any atom is 0.287 e. The number of aromatic nitrogens is 1. The topological polar surface area (TPSA) is 56.0 Å². The van der Waals surface area contributed by atoms with Crippen molar-refractivity contribution >= 4 is 17.3 Å². The van der Waals surface area contributed by atoms with E-state index in [1.807, 2.05) is 0 Å².